The Morgan fingerprint density at radius 3 is 2.64 bits per heavy atom. The van der Waals surface area contributed by atoms with Crippen molar-refractivity contribution in [3.63, 3.8) is 0 Å². The van der Waals surface area contributed by atoms with E-state index in [9.17, 15) is 14.0 Å². The average Bonchev–Trinajstić information content (AvgIpc) is 2.60. The molecule has 2 aromatic carbocycles. The predicted octanol–water partition coefficient (Wildman–Crippen LogP) is 4.01. The molecule has 0 saturated carbocycles. The third-order valence-electron chi connectivity index (χ3n) is 3.55. The summed E-state index contributed by atoms with van der Waals surface area (Å²) in [6.07, 6.45) is 0. The van der Waals surface area contributed by atoms with Crippen LogP contribution in [0.25, 0.3) is 0 Å². The van der Waals surface area contributed by atoms with Gasteiger partial charge < -0.3 is 10.6 Å². The van der Waals surface area contributed by atoms with Crippen LogP contribution in [0.4, 0.5) is 10.1 Å². The standard InChI is InChI=1S/C19H21FN2O2S/c1-3-21-19(24)14-7-6-8-15(11-14)22-18(23)12-25-13(2)16-9-4-5-10-17(16)20/h4-11,13H,3,12H2,1-2H3,(H,21,24)(H,22,23). The number of nitrogens with one attached hydrogen (secondary N) is 2. The number of amides is 2. The molecule has 0 aromatic heterocycles. The van der Waals surface area contributed by atoms with Crippen molar-refractivity contribution in [1.29, 1.82) is 0 Å². The molecule has 1 atom stereocenters. The second-order valence-electron chi connectivity index (χ2n) is 5.46. The number of anilines is 1. The minimum atomic E-state index is -0.266. The summed E-state index contributed by atoms with van der Waals surface area (Å²) in [5.74, 6) is -0.444. The SMILES string of the molecule is CCNC(=O)c1cccc(NC(=O)CSC(C)c2ccccc2F)c1. The first-order chi connectivity index (χ1) is 12.0. The molecule has 2 aromatic rings. The minimum absolute atomic E-state index is 0.131. The molecule has 6 heteroatoms. The van der Waals surface area contributed by atoms with Gasteiger partial charge in [-0.15, -0.1) is 11.8 Å². The van der Waals surface area contributed by atoms with Crippen LogP contribution in [-0.4, -0.2) is 24.1 Å². The van der Waals surface area contributed by atoms with Gasteiger partial charge in [-0.3, -0.25) is 9.59 Å². The molecule has 2 amide bonds. The Balaban J connectivity index is 1.91. The van der Waals surface area contributed by atoms with Crippen molar-refractivity contribution in [1.82, 2.24) is 5.32 Å². The molecule has 2 N–H and O–H groups in total. The Bertz CT molecular complexity index is 752. The summed E-state index contributed by atoms with van der Waals surface area (Å²) in [4.78, 5) is 23.9. The van der Waals surface area contributed by atoms with E-state index in [1.807, 2.05) is 13.8 Å². The summed E-state index contributed by atoms with van der Waals surface area (Å²) in [5, 5.41) is 5.35. The Morgan fingerprint density at radius 2 is 1.92 bits per heavy atom. The number of hydrogen-bond donors (Lipinski definition) is 2. The van der Waals surface area contributed by atoms with E-state index in [1.165, 1.54) is 17.8 Å². The van der Waals surface area contributed by atoms with E-state index < -0.39 is 0 Å². The van der Waals surface area contributed by atoms with E-state index in [4.69, 9.17) is 0 Å². The third kappa shape index (κ3) is 5.60. The van der Waals surface area contributed by atoms with Crippen molar-refractivity contribution in [2.24, 2.45) is 0 Å². The fourth-order valence-electron chi connectivity index (χ4n) is 2.29. The summed E-state index contributed by atoms with van der Waals surface area (Å²) in [7, 11) is 0. The number of carbonyl (C=O) groups is 2. The van der Waals surface area contributed by atoms with E-state index in [1.54, 1.807) is 42.5 Å². The van der Waals surface area contributed by atoms with E-state index in [0.717, 1.165) is 0 Å². The third-order valence-corrected chi connectivity index (χ3v) is 4.74. The van der Waals surface area contributed by atoms with Gasteiger partial charge in [0.1, 0.15) is 5.82 Å². The van der Waals surface area contributed by atoms with Crippen LogP contribution in [0.1, 0.15) is 35.0 Å². The molecule has 0 aliphatic carbocycles. The molecule has 0 bridgehead atoms. The first-order valence-electron chi connectivity index (χ1n) is 8.05. The van der Waals surface area contributed by atoms with E-state index in [2.05, 4.69) is 10.6 Å². The fraction of sp³-hybridized carbons (Fsp3) is 0.263. The number of rotatable bonds is 7. The van der Waals surface area contributed by atoms with Gasteiger partial charge in [0.2, 0.25) is 5.91 Å². The van der Waals surface area contributed by atoms with Crippen molar-refractivity contribution in [3.8, 4) is 0 Å². The van der Waals surface area contributed by atoms with Gasteiger partial charge in [0, 0.05) is 28.6 Å². The lowest BCUT2D eigenvalue weighted by molar-refractivity contribution is -0.113. The predicted molar refractivity (Wildman–Crippen MR) is 100 cm³/mol. The maximum Gasteiger partial charge on any atom is 0.251 e. The number of thioether (sulfide) groups is 1. The van der Waals surface area contributed by atoms with Crippen molar-refractivity contribution < 1.29 is 14.0 Å². The second kappa shape index (κ2) is 9.22. The summed E-state index contributed by atoms with van der Waals surface area (Å²) in [6, 6.07) is 13.3. The monoisotopic (exact) mass is 360 g/mol. The average molecular weight is 360 g/mol. The highest BCUT2D eigenvalue weighted by molar-refractivity contribution is 8.00. The van der Waals surface area contributed by atoms with Gasteiger partial charge in [-0.05, 0) is 38.1 Å². The van der Waals surface area contributed by atoms with Crippen molar-refractivity contribution in [3.05, 3.63) is 65.5 Å². The van der Waals surface area contributed by atoms with Crippen molar-refractivity contribution in [2.75, 3.05) is 17.6 Å². The molecule has 4 nitrogen and oxygen atoms in total. The van der Waals surface area contributed by atoms with Gasteiger partial charge in [-0.2, -0.15) is 0 Å². The summed E-state index contributed by atoms with van der Waals surface area (Å²) in [6.45, 7) is 4.25. The van der Waals surface area contributed by atoms with Crippen LogP contribution in [0.15, 0.2) is 48.5 Å². The summed E-state index contributed by atoms with van der Waals surface area (Å²) >= 11 is 1.36. The lowest BCUT2D eigenvalue weighted by Crippen LogP contribution is -2.23. The zero-order chi connectivity index (χ0) is 18.2. The lowest BCUT2D eigenvalue weighted by Gasteiger charge is -2.13. The molecule has 0 aliphatic rings. The maximum absolute atomic E-state index is 13.7. The molecular weight excluding hydrogens is 339 g/mol. The topological polar surface area (TPSA) is 58.2 Å². The number of hydrogen-bond acceptors (Lipinski definition) is 3. The van der Waals surface area contributed by atoms with Gasteiger partial charge in [0.25, 0.3) is 5.91 Å². The summed E-state index contributed by atoms with van der Waals surface area (Å²) < 4.78 is 13.7. The second-order valence-corrected chi connectivity index (χ2v) is 6.79. The van der Waals surface area contributed by atoms with E-state index in [0.29, 0.717) is 23.4 Å². The van der Waals surface area contributed by atoms with Gasteiger partial charge in [0.05, 0.1) is 5.75 Å². The fourth-order valence-corrected chi connectivity index (χ4v) is 3.14. The zero-order valence-corrected chi connectivity index (χ0v) is 15.0. The van der Waals surface area contributed by atoms with Gasteiger partial charge in [0.15, 0.2) is 0 Å². The number of halogens is 1. The quantitative estimate of drug-likeness (QED) is 0.784. The van der Waals surface area contributed by atoms with Gasteiger partial charge in [-0.25, -0.2) is 4.39 Å². The first kappa shape index (κ1) is 19.0. The number of benzene rings is 2. The Kier molecular flexibility index (Phi) is 7.01. The highest BCUT2D eigenvalue weighted by Gasteiger charge is 2.13. The molecule has 1 unspecified atom stereocenters. The number of carbonyl (C=O) groups excluding carboxylic acids is 2. The largest absolute Gasteiger partial charge is 0.352 e. The first-order valence-corrected chi connectivity index (χ1v) is 9.10. The highest BCUT2D eigenvalue weighted by Crippen LogP contribution is 2.29. The van der Waals surface area contributed by atoms with E-state index in [-0.39, 0.29) is 28.6 Å². The molecule has 0 saturated heterocycles. The smallest absolute Gasteiger partial charge is 0.251 e. The lowest BCUT2D eigenvalue weighted by atomic mass is 10.1. The van der Waals surface area contributed by atoms with Crippen LogP contribution in [0.5, 0.6) is 0 Å². The molecule has 0 fully saturated rings. The molecule has 0 heterocycles. The molecule has 132 valence electrons. The molecule has 2 rings (SSSR count). The molecule has 0 aliphatic heterocycles. The maximum atomic E-state index is 13.7. The normalized spacial score (nSPS) is 11.6. The molecule has 0 spiro atoms. The van der Waals surface area contributed by atoms with Crippen LogP contribution in [0.2, 0.25) is 0 Å². The Hall–Kier alpha value is -2.34. The molecular formula is C19H21FN2O2S. The van der Waals surface area contributed by atoms with Crippen LogP contribution in [0.3, 0.4) is 0 Å². The van der Waals surface area contributed by atoms with E-state index >= 15 is 0 Å². The van der Waals surface area contributed by atoms with Crippen molar-refractivity contribution >= 4 is 29.3 Å². The summed E-state index contributed by atoms with van der Waals surface area (Å²) in [5.41, 5.74) is 1.64. The minimum Gasteiger partial charge on any atom is -0.352 e. The highest BCUT2D eigenvalue weighted by atomic mass is 32.2. The van der Waals surface area contributed by atoms with Crippen LogP contribution < -0.4 is 10.6 Å². The van der Waals surface area contributed by atoms with Crippen LogP contribution in [0, 0.1) is 5.82 Å². The van der Waals surface area contributed by atoms with Gasteiger partial charge in [-0.1, -0.05) is 24.3 Å². The Morgan fingerprint density at radius 1 is 1.16 bits per heavy atom. The van der Waals surface area contributed by atoms with Crippen molar-refractivity contribution in [2.45, 2.75) is 19.1 Å². The Labute approximate surface area is 151 Å². The van der Waals surface area contributed by atoms with Gasteiger partial charge >= 0.3 is 0 Å². The van der Waals surface area contributed by atoms with Crippen LogP contribution in [-0.2, 0) is 4.79 Å². The zero-order valence-electron chi connectivity index (χ0n) is 14.2. The van der Waals surface area contributed by atoms with Crippen LogP contribution >= 0.6 is 11.8 Å². The molecule has 25 heavy (non-hydrogen) atoms. The molecule has 0 radical (unpaired) electrons.